The number of nitrogens with one attached hydrogen (secondary N) is 2. The number of cyclic esters (lactones) is 1. The van der Waals surface area contributed by atoms with E-state index >= 15 is 0 Å². The highest BCUT2D eigenvalue weighted by Crippen LogP contribution is 2.24. The highest BCUT2D eigenvalue weighted by atomic mass is 16.5. The largest absolute Gasteiger partial charge is 0.457 e. The number of hydrogen-bond donors (Lipinski definition) is 2. The van der Waals surface area contributed by atoms with E-state index in [4.69, 9.17) is 4.74 Å². The van der Waals surface area contributed by atoms with Crippen molar-refractivity contribution in [1.82, 2.24) is 5.32 Å². The number of carbonyl (C=O) groups excluding carboxylic acids is 2. The Hall–Kier alpha value is -3.02. The average molecular weight is 379 g/mol. The average Bonchev–Trinajstić information content (AvgIpc) is 3.07. The molecule has 4 rings (SSSR count). The Morgan fingerprint density at radius 1 is 1.21 bits per heavy atom. The first-order valence-corrected chi connectivity index (χ1v) is 9.77. The lowest BCUT2D eigenvalue weighted by Crippen LogP contribution is -2.34. The molecule has 0 spiro atoms. The van der Waals surface area contributed by atoms with Gasteiger partial charge in [-0.2, -0.15) is 0 Å². The van der Waals surface area contributed by atoms with Gasteiger partial charge in [0.25, 0.3) is 0 Å². The van der Waals surface area contributed by atoms with Crippen LogP contribution in [0.5, 0.6) is 0 Å². The van der Waals surface area contributed by atoms with E-state index in [0.29, 0.717) is 17.8 Å². The van der Waals surface area contributed by atoms with Crippen molar-refractivity contribution in [1.29, 1.82) is 0 Å². The summed E-state index contributed by atoms with van der Waals surface area (Å²) in [4.78, 5) is 26.1. The first-order chi connectivity index (χ1) is 13.6. The van der Waals surface area contributed by atoms with Gasteiger partial charge in [0.2, 0.25) is 0 Å². The monoisotopic (exact) mass is 379 g/mol. The summed E-state index contributed by atoms with van der Waals surface area (Å²) in [6.45, 7) is 5.23. The molecule has 1 atom stereocenters. The van der Waals surface area contributed by atoms with Gasteiger partial charge in [0.05, 0.1) is 5.56 Å². The zero-order chi connectivity index (χ0) is 19.5. The molecule has 146 valence electrons. The Balaban J connectivity index is 1.29. The fourth-order valence-electron chi connectivity index (χ4n) is 3.82. The molecule has 6 nitrogen and oxygen atoms in total. The second-order valence-electron chi connectivity index (χ2n) is 7.62. The first-order valence-electron chi connectivity index (χ1n) is 9.77. The SMILES string of the molecule is C[C@@H]1CCCN(c2ccc(CNC(=O)Nc3ccc4c(c3)COC4=O)cc2)C1. The van der Waals surface area contributed by atoms with Crippen LogP contribution < -0.4 is 15.5 Å². The molecule has 1 saturated heterocycles. The number of amides is 2. The lowest BCUT2D eigenvalue weighted by Gasteiger charge is -2.32. The Kier molecular flexibility index (Phi) is 5.19. The molecule has 2 aliphatic heterocycles. The van der Waals surface area contributed by atoms with Gasteiger partial charge in [-0.1, -0.05) is 19.1 Å². The standard InChI is InChI=1S/C22H25N3O3/c1-15-3-2-10-25(13-15)19-7-4-16(5-8-19)12-23-22(27)24-18-6-9-20-17(11-18)14-28-21(20)26/h4-9,11,15H,2-3,10,12-14H2,1H3,(H2,23,24,27)/t15-/m1/s1. The third-order valence-corrected chi connectivity index (χ3v) is 5.35. The van der Waals surface area contributed by atoms with Gasteiger partial charge in [0.1, 0.15) is 6.61 Å². The third kappa shape index (κ3) is 4.11. The lowest BCUT2D eigenvalue weighted by molar-refractivity contribution is 0.0535. The summed E-state index contributed by atoms with van der Waals surface area (Å²) >= 11 is 0. The molecule has 2 amide bonds. The number of nitrogens with zero attached hydrogens (tertiary/aromatic N) is 1. The zero-order valence-corrected chi connectivity index (χ0v) is 16.0. The fourth-order valence-corrected chi connectivity index (χ4v) is 3.82. The van der Waals surface area contributed by atoms with E-state index in [1.807, 2.05) is 0 Å². The van der Waals surface area contributed by atoms with Crippen molar-refractivity contribution in [2.75, 3.05) is 23.3 Å². The minimum Gasteiger partial charge on any atom is -0.457 e. The van der Waals surface area contributed by atoms with Crippen LogP contribution in [0.3, 0.4) is 0 Å². The van der Waals surface area contributed by atoms with Crippen LogP contribution in [0.4, 0.5) is 16.2 Å². The molecule has 28 heavy (non-hydrogen) atoms. The lowest BCUT2D eigenvalue weighted by atomic mass is 9.99. The van der Waals surface area contributed by atoms with Gasteiger partial charge in [-0.25, -0.2) is 9.59 Å². The quantitative estimate of drug-likeness (QED) is 0.790. The summed E-state index contributed by atoms with van der Waals surface area (Å²) in [6.07, 6.45) is 2.55. The maximum Gasteiger partial charge on any atom is 0.338 e. The van der Waals surface area contributed by atoms with Crippen molar-refractivity contribution < 1.29 is 14.3 Å². The molecule has 0 radical (unpaired) electrons. The van der Waals surface area contributed by atoms with E-state index in [2.05, 4.69) is 46.7 Å². The first kappa shape index (κ1) is 18.3. The van der Waals surface area contributed by atoms with Gasteiger partial charge in [-0.15, -0.1) is 0 Å². The number of fused-ring (bicyclic) bond motifs is 1. The predicted octanol–water partition coefficient (Wildman–Crippen LogP) is 3.92. The molecule has 0 saturated carbocycles. The summed E-state index contributed by atoms with van der Waals surface area (Å²) in [5.74, 6) is 0.427. The summed E-state index contributed by atoms with van der Waals surface area (Å²) in [7, 11) is 0. The van der Waals surface area contributed by atoms with Crippen LogP contribution >= 0.6 is 0 Å². The molecular formula is C22H25N3O3. The van der Waals surface area contributed by atoms with Gasteiger partial charge in [-0.05, 0) is 54.7 Å². The Morgan fingerprint density at radius 3 is 2.82 bits per heavy atom. The topological polar surface area (TPSA) is 70.7 Å². The van der Waals surface area contributed by atoms with Gasteiger partial charge in [0, 0.05) is 36.6 Å². The number of carbonyl (C=O) groups is 2. The number of esters is 1. The number of rotatable bonds is 4. The van der Waals surface area contributed by atoms with Crippen LogP contribution in [0.2, 0.25) is 0 Å². The van der Waals surface area contributed by atoms with E-state index in [1.165, 1.54) is 18.5 Å². The number of piperidine rings is 1. The van der Waals surface area contributed by atoms with Crippen LogP contribution in [0.25, 0.3) is 0 Å². The van der Waals surface area contributed by atoms with Crippen molar-refractivity contribution in [3.8, 4) is 0 Å². The number of hydrogen-bond acceptors (Lipinski definition) is 4. The normalized spacial score (nSPS) is 18.4. The molecule has 0 aliphatic carbocycles. The number of anilines is 2. The van der Waals surface area contributed by atoms with Crippen molar-refractivity contribution in [3.05, 3.63) is 59.2 Å². The highest BCUT2D eigenvalue weighted by Gasteiger charge is 2.21. The van der Waals surface area contributed by atoms with E-state index < -0.39 is 0 Å². The molecule has 2 aliphatic rings. The summed E-state index contributed by atoms with van der Waals surface area (Å²) in [5.41, 5.74) is 4.30. The van der Waals surface area contributed by atoms with Gasteiger partial charge < -0.3 is 20.3 Å². The number of benzene rings is 2. The van der Waals surface area contributed by atoms with Gasteiger partial charge in [0.15, 0.2) is 0 Å². The Morgan fingerprint density at radius 2 is 2.04 bits per heavy atom. The maximum absolute atomic E-state index is 12.2. The smallest absolute Gasteiger partial charge is 0.338 e. The minimum atomic E-state index is -0.312. The predicted molar refractivity (Wildman–Crippen MR) is 108 cm³/mol. The van der Waals surface area contributed by atoms with Crippen LogP contribution in [0.1, 0.15) is 41.3 Å². The molecule has 6 heteroatoms. The second kappa shape index (κ2) is 7.92. The molecule has 1 fully saturated rings. The van der Waals surface area contributed by atoms with Crippen LogP contribution in [-0.4, -0.2) is 25.1 Å². The van der Waals surface area contributed by atoms with Crippen LogP contribution in [0.15, 0.2) is 42.5 Å². The second-order valence-corrected chi connectivity index (χ2v) is 7.62. The molecule has 0 unspecified atom stereocenters. The summed E-state index contributed by atoms with van der Waals surface area (Å²) in [6, 6.07) is 13.3. The maximum atomic E-state index is 12.2. The van der Waals surface area contributed by atoms with Crippen molar-refractivity contribution in [2.24, 2.45) is 5.92 Å². The van der Waals surface area contributed by atoms with E-state index in [-0.39, 0.29) is 18.6 Å². The molecular weight excluding hydrogens is 354 g/mol. The third-order valence-electron chi connectivity index (χ3n) is 5.35. The number of ether oxygens (including phenoxy) is 1. The molecule has 0 bridgehead atoms. The summed E-state index contributed by atoms with van der Waals surface area (Å²) in [5, 5.41) is 5.67. The van der Waals surface area contributed by atoms with Crippen molar-refractivity contribution in [2.45, 2.75) is 32.9 Å². The Labute approximate surface area is 164 Å². The van der Waals surface area contributed by atoms with Crippen molar-refractivity contribution >= 4 is 23.4 Å². The number of urea groups is 1. The van der Waals surface area contributed by atoms with E-state index in [1.54, 1.807) is 18.2 Å². The Bertz CT molecular complexity index is 879. The van der Waals surface area contributed by atoms with Crippen LogP contribution in [0, 0.1) is 5.92 Å². The molecule has 2 N–H and O–H groups in total. The van der Waals surface area contributed by atoms with E-state index in [9.17, 15) is 9.59 Å². The highest BCUT2D eigenvalue weighted by molar-refractivity contribution is 5.95. The zero-order valence-electron chi connectivity index (χ0n) is 16.0. The van der Waals surface area contributed by atoms with Gasteiger partial charge >= 0.3 is 12.0 Å². The fraction of sp³-hybridized carbons (Fsp3) is 0.364. The molecule has 2 aromatic carbocycles. The molecule has 2 heterocycles. The summed E-state index contributed by atoms with van der Waals surface area (Å²) < 4.78 is 4.98. The van der Waals surface area contributed by atoms with E-state index in [0.717, 1.165) is 30.1 Å². The van der Waals surface area contributed by atoms with Crippen LogP contribution in [-0.2, 0) is 17.9 Å². The molecule has 2 aromatic rings. The molecule has 0 aromatic heterocycles. The minimum absolute atomic E-state index is 0.257. The van der Waals surface area contributed by atoms with Crippen molar-refractivity contribution in [3.63, 3.8) is 0 Å². The van der Waals surface area contributed by atoms with Gasteiger partial charge in [-0.3, -0.25) is 0 Å².